The number of ether oxygens (including phenoxy) is 3. The van der Waals surface area contributed by atoms with Gasteiger partial charge in [0, 0.05) is 18.2 Å². The number of nitrogens with one attached hydrogen (secondary N) is 2. The molecule has 336 valence electrons. The van der Waals surface area contributed by atoms with Crippen LogP contribution in [-0.2, 0) is 41.4 Å². The van der Waals surface area contributed by atoms with Crippen molar-refractivity contribution in [1.82, 2.24) is 48.6 Å². The van der Waals surface area contributed by atoms with E-state index in [9.17, 15) is 53.7 Å². The van der Waals surface area contributed by atoms with E-state index in [2.05, 4.69) is 34.9 Å². The molecule has 2 unspecified atom stereocenters. The number of phosphoric acid groups is 2. The lowest BCUT2D eigenvalue weighted by atomic mass is 10.1. The highest BCUT2D eigenvalue weighted by atomic mass is 31.2. The molecule has 5 aromatic heterocycles. The van der Waals surface area contributed by atoms with Gasteiger partial charge in [0.15, 0.2) is 35.1 Å². The number of nitrogen functional groups attached to an aromatic ring is 2. The Morgan fingerprint density at radius 2 is 1.44 bits per heavy atom. The fourth-order valence-corrected chi connectivity index (χ4v) is 9.09. The third-order valence-electron chi connectivity index (χ3n) is 10.2. The predicted molar refractivity (Wildman–Crippen MR) is 201 cm³/mol. The highest BCUT2D eigenvalue weighted by Gasteiger charge is 2.51. The van der Waals surface area contributed by atoms with Crippen LogP contribution in [0.3, 0.4) is 0 Å². The number of fused-ring (bicyclic) bond motifs is 2. The monoisotopic (exact) mass is 916 g/mol. The summed E-state index contributed by atoms with van der Waals surface area (Å²) in [6.45, 7) is -1.24. The first-order valence-corrected chi connectivity index (χ1v) is 21.2. The topological polar surface area (TPSA) is 434 Å². The number of aromatic amines is 2. The molecule has 0 aliphatic carbocycles. The zero-order chi connectivity index (χ0) is 44.4. The van der Waals surface area contributed by atoms with E-state index >= 15 is 0 Å². The first-order valence-electron chi connectivity index (χ1n) is 18.2. The molecule has 5 aromatic rings. The van der Waals surface area contributed by atoms with E-state index in [0.29, 0.717) is 0 Å². The molecule has 0 saturated carbocycles. The van der Waals surface area contributed by atoms with E-state index in [1.54, 1.807) is 0 Å². The molecule has 3 fully saturated rings. The van der Waals surface area contributed by atoms with E-state index in [0.717, 1.165) is 28.0 Å². The summed E-state index contributed by atoms with van der Waals surface area (Å²) in [7, 11) is -10.5. The smallest absolute Gasteiger partial charge is 0.394 e. The lowest BCUT2D eigenvalue weighted by Crippen LogP contribution is -2.36. The number of nitrogens with two attached hydrogens (primary N) is 2. The van der Waals surface area contributed by atoms with E-state index < -0.39 is 126 Å². The number of nitrogens with zero attached hydrogens (tertiary/aromatic N) is 8. The molecule has 3 saturated heterocycles. The second-order valence-electron chi connectivity index (χ2n) is 14.2. The number of hydrogen-bond acceptors (Lipinski definition) is 23. The lowest BCUT2D eigenvalue weighted by Gasteiger charge is -2.25. The van der Waals surface area contributed by atoms with Crippen molar-refractivity contribution in [1.29, 1.82) is 0 Å². The number of hydrogen-bond donors (Lipinski definition) is 10. The predicted octanol–water partition coefficient (Wildman–Crippen LogP) is -3.86. The molecular formula is C30H38N12O18P2. The van der Waals surface area contributed by atoms with Crippen LogP contribution in [0.25, 0.3) is 22.3 Å². The minimum Gasteiger partial charge on any atom is -0.394 e. The van der Waals surface area contributed by atoms with E-state index in [-0.39, 0.29) is 39.7 Å². The average molecular weight is 917 g/mol. The first-order chi connectivity index (χ1) is 29.3. The number of aromatic nitrogens is 10. The Kier molecular flexibility index (Phi) is 11.8. The molecule has 62 heavy (non-hydrogen) atoms. The zero-order valence-electron chi connectivity index (χ0n) is 31.7. The number of aryl methyl sites for hydroxylation is 1. The fourth-order valence-electron chi connectivity index (χ4n) is 7.16. The fraction of sp³-hybridized carbons (Fsp3) is 0.533. The highest BCUT2D eigenvalue weighted by Crippen LogP contribution is 2.52. The van der Waals surface area contributed by atoms with Crippen molar-refractivity contribution in [2.75, 3.05) is 31.3 Å². The quantitative estimate of drug-likeness (QED) is 0.0477. The van der Waals surface area contributed by atoms with Gasteiger partial charge in [0.25, 0.3) is 11.1 Å². The van der Waals surface area contributed by atoms with Gasteiger partial charge in [-0.05, 0) is 6.92 Å². The zero-order valence-corrected chi connectivity index (χ0v) is 33.5. The molecule has 32 heteroatoms. The molecule has 0 radical (unpaired) electrons. The lowest BCUT2D eigenvalue weighted by molar-refractivity contribution is -0.0623. The maximum Gasteiger partial charge on any atom is 0.472 e. The van der Waals surface area contributed by atoms with Crippen LogP contribution >= 0.6 is 15.6 Å². The van der Waals surface area contributed by atoms with Crippen LogP contribution in [0.2, 0.25) is 0 Å². The number of H-pyrrole nitrogens is 2. The molecule has 8 rings (SSSR count). The van der Waals surface area contributed by atoms with Gasteiger partial charge < -0.3 is 55.9 Å². The third kappa shape index (κ3) is 8.34. The summed E-state index contributed by atoms with van der Waals surface area (Å²) in [6.07, 6.45) is -12.8. The second-order valence-corrected chi connectivity index (χ2v) is 17.0. The maximum absolute atomic E-state index is 13.4. The summed E-state index contributed by atoms with van der Waals surface area (Å²) in [5.74, 6) is -0.258. The van der Waals surface area contributed by atoms with Crippen LogP contribution in [-0.4, -0.2) is 147 Å². The van der Waals surface area contributed by atoms with Gasteiger partial charge in [-0.1, -0.05) is 0 Å². The molecule has 8 heterocycles. The molecular weight excluding hydrogens is 878 g/mol. The Morgan fingerprint density at radius 3 is 2.16 bits per heavy atom. The van der Waals surface area contributed by atoms with E-state index in [1.165, 1.54) is 17.8 Å². The van der Waals surface area contributed by atoms with Gasteiger partial charge in [0.05, 0.1) is 32.5 Å². The number of aliphatic hydroxyl groups is 4. The highest BCUT2D eigenvalue weighted by molar-refractivity contribution is 7.47. The Hall–Kier alpha value is -4.88. The molecule has 0 amide bonds. The van der Waals surface area contributed by atoms with Crippen molar-refractivity contribution in [3.8, 4) is 0 Å². The van der Waals surface area contributed by atoms with Crippen LogP contribution in [0.15, 0.2) is 39.6 Å². The van der Waals surface area contributed by atoms with Gasteiger partial charge in [0.1, 0.15) is 66.9 Å². The molecule has 3 aliphatic rings. The van der Waals surface area contributed by atoms with E-state index in [1.807, 2.05) is 0 Å². The van der Waals surface area contributed by atoms with Gasteiger partial charge in [-0.3, -0.25) is 51.4 Å². The van der Waals surface area contributed by atoms with Crippen molar-refractivity contribution in [2.45, 2.75) is 80.9 Å². The normalized spacial score (nSPS) is 30.9. The third-order valence-corrected chi connectivity index (χ3v) is 12.2. The first kappa shape index (κ1) is 43.8. The summed E-state index contributed by atoms with van der Waals surface area (Å²) in [4.78, 5) is 83.0. The molecule has 3 aliphatic heterocycles. The summed E-state index contributed by atoms with van der Waals surface area (Å²) < 4.78 is 68.3. The summed E-state index contributed by atoms with van der Waals surface area (Å²) >= 11 is 0. The molecule has 30 nitrogen and oxygen atoms in total. The van der Waals surface area contributed by atoms with Gasteiger partial charge >= 0.3 is 21.3 Å². The maximum atomic E-state index is 13.4. The van der Waals surface area contributed by atoms with Gasteiger partial charge in [0.2, 0.25) is 5.95 Å². The summed E-state index contributed by atoms with van der Waals surface area (Å²) in [5, 5.41) is 42.7. The minimum atomic E-state index is -5.26. The SMILES string of the molecule is Cc1cn([C@H]2C[C@H](OP(=O)(O)OC[C@H]3O[C@@H](n4cnc5c(=O)[nH]c(N)nc54)[C@H](O)[C@@H]3O)[C@@H](COP(=O)(O)O[C@H]3[C@@H](O)[C@H](n4cnc5c(N)ncnc54)O[C@@H]3CO)O2)c(=O)[nH]c1=O. The summed E-state index contributed by atoms with van der Waals surface area (Å²) in [6, 6.07) is 0. The van der Waals surface area contributed by atoms with Crippen molar-refractivity contribution in [3.05, 3.63) is 61.9 Å². The molecule has 0 bridgehead atoms. The Morgan fingerprint density at radius 1 is 0.790 bits per heavy atom. The van der Waals surface area contributed by atoms with Crippen LogP contribution < -0.4 is 28.3 Å². The van der Waals surface area contributed by atoms with Crippen LogP contribution in [0, 0.1) is 6.92 Å². The molecule has 13 atom stereocenters. The largest absolute Gasteiger partial charge is 0.472 e. The van der Waals surface area contributed by atoms with Crippen molar-refractivity contribution in [2.24, 2.45) is 0 Å². The number of rotatable bonds is 14. The number of phosphoric ester groups is 2. The van der Waals surface area contributed by atoms with Crippen LogP contribution in [0.1, 0.15) is 30.7 Å². The van der Waals surface area contributed by atoms with Crippen molar-refractivity contribution < 1.29 is 71.6 Å². The Balaban J connectivity index is 0.959. The second kappa shape index (κ2) is 16.7. The number of aliphatic hydroxyl groups excluding tert-OH is 4. The van der Waals surface area contributed by atoms with Crippen LogP contribution in [0.5, 0.6) is 0 Å². The Bertz CT molecular complexity index is 2760. The number of anilines is 2. The van der Waals surface area contributed by atoms with Crippen LogP contribution in [0.4, 0.5) is 11.8 Å². The van der Waals surface area contributed by atoms with Gasteiger partial charge in [-0.25, -0.2) is 33.9 Å². The van der Waals surface area contributed by atoms with Crippen molar-refractivity contribution >= 4 is 49.7 Å². The molecule has 0 aromatic carbocycles. The Labute approximate surface area is 343 Å². The molecule has 0 spiro atoms. The molecule has 12 N–H and O–H groups in total. The van der Waals surface area contributed by atoms with Gasteiger partial charge in [-0.2, -0.15) is 4.98 Å². The van der Waals surface area contributed by atoms with Crippen molar-refractivity contribution in [3.63, 3.8) is 0 Å². The average Bonchev–Trinajstić information content (AvgIpc) is 4.03. The summed E-state index contributed by atoms with van der Waals surface area (Å²) in [5.41, 5.74) is 9.24. The number of imidazole rings is 2. The minimum absolute atomic E-state index is 0.0181. The standard InChI is InChI=1S/C30H38N12O18P2/c1-10-3-40(30(49)39-25(10)47)15-2-11(59-61(50,51)55-6-14-18(44)19(45)27(58-14)42-9-36-17-24(42)37-29(32)38-26(17)48)13(56-15)5-54-62(52,53)60-21-12(4-43)57-28(20(21)46)41-8-35-16-22(31)33-7-34-23(16)41/h3,7-9,11-15,18-21,27-28,43-46H,2,4-6H2,1H3,(H,50,51)(H,52,53)(H2,31,33,34)(H,39,47,49)(H3,32,37,38,48)/t11-,12+,13+,14+,15+,18+,19+,20+,21+,27+,28+/m0/s1. The van der Waals surface area contributed by atoms with E-state index in [4.69, 9.17) is 43.8 Å². The van der Waals surface area contributed by atoms with Gasteiger partial charge in [-0.15, -0.1) is 0 Å².